The lowest BCUT2D eigenvalue weighted by Crippen LogP contribution is -2.42. The Bertz CT molecular complexity index is 1390. The van der Waals surface area contributed by atoms with Gasteiger partial charge in [0.2, 0.25) is 5.91 Å². The van der Waals surface area contributed by atoms with Crippen LogP contribution in [-0.4, -0.2) is 15.0 Å². The average Bonchev–Trinajstić information content (AvgIpc) is 2.80. The number of benzene rings is 3. The summed E-state index contributed by atoms with van der Waals surface area (Å²) in [6.07, 6.45) is 0. The van der Waals surface area contributed by atoms with E-state index >= 15 is 0 Å². The third-order valence-corrected chi connectivity index (χ3v) is 5.09. The van der Waals surface area contributed by atoms with Crippen LogP contribution in [0.1, 0.15) is 11.1 Å². The minimum atomic E-state index is -0.644. The van der Waals surface area contributed by atoms with Gasteiger partial charge in [-0.15, -0.1) is 0 Å². The Morgan fingerprint density at radius 3 is 2.03 bits per heavy atom. The number of amides is 1. The highest BCUT2D eigenvalue weighted by Crippen LogP contribution is 2.09. The number of nitrogens with one attached hydrogen (secondary N) is 1. The minimum Gasteiger partial charge on any atom is -0.350 e. The second-order valence-electron chi connectivity index (χ2n) is 7.31. The predicted molar refractivity (Wildman–Crippen MR) is 116 cm³/mol. The van der Waals surface area contributed by atoms with Crippen LogP contribution in [-0.2, 0) is 24.4 Å². The smallest absolute Gasteiger partial charge is 0.332 e. The SMILES string of the molecule is O=C(Cn1c(=O)n(Cc2ccc(F)cc2)c(=O)c2ccccc21)NCc1ccc(F)cc1. The molecule has 0 saturated carbocycles. The molecule has 0 radical (unpaired) electrons. The van der Waals surface area contributed by atoms with Gasteiger partial charge >= 0.3 is 5.69 Å². The number of hydrogen-bond acceptors (Lipinski definition) is 3. The Hall–Kier alpha value is -4.07. The molecule has 162 valence electrons. The molecule has 1 aromatic heterocycles. The summed E-state index contributed by atoms with van der Waals surface area (Å²) < 4.78 is 28.5. The number of hydrogen-bond donors (Lipinski definition) is 1. The van der Waals surface area contributed by atoms with Crippen LogP contribution in [0, 0.1) is 11.6 Å². The number of fused-ring (bicyclic) bond motifs is 1. The number of carbonyl (C=O) groups excluding carboxylic acids is 1. The van der Waals surface area contributed by atoms with Crippen molar-refractivity contribution in [1.29, 1.82) is 0 Å². The van der Waals surface area contributed by atoms with Crippen LogP contribution in [0.15, 0.2) is 82.4 Å². The van der Waals surface area contributed by atoms with E-state index in [0.29, 0.717) is 22.0 Å². The minimum absolute atomic E-state index is 0.0556. The van der Waals surface area contributed by atoms with Gasteiger partial charge in [0, 0.05) is 6.54 Å². The number of para-hydroxylation sites is 1. The van der Waals surface area contributed by atoms with Gasteiger partial charge in [0.05, 0.1) is 17.4 Å². The Labute approximate surface area is 181 Å². The maximum Gasteiger partial charge on any atom is 0.332 e. The topological polar surface area (TPSA) is 73.1 Å². The lowest BCUT2D eigenvalue weighted by molar-refractivity contribution is -0.121. The highest BCUT2D eigenvalue weighted by Gasteiger charge is 2.15. The van der Waals surface area contributed by atoms with E-state index in [-0.39, 0.29) is 25.5 Å². The molecule has 8 heteroatoms. The largest absolute Gasteiger partial charge is 0.350 e. The normalized spacial score (nSPS) is 10.9. The summed E-state index contributed by atoms with van der Waals surface area (Å²) in [7, 11) is 0. The van der Waals surface area contributed by atoms with Crippen molar-refractivity contribution in [3.05, 3.63) is 116 Å². The molecule has 0 aliphatic carbocycles. The van der Waals surface area contributed by atoms with Crippen molar-refractivity contribution >= 4 is 16.8 Å². The van der Waals surface area contributed by atoms with Gasteiger partial charge in [0.1, 0.15) is 18.2 Å². The van der Waals surface area contributed by atoms with Crippen LogP contribution in [0.3, 0.4) is 0 Å². The van der Waals surface area contributed by atoms with Gasteiger partial charge in [-0.25, -0.2) is 13.6 Å². The van der Waals surface area contributed by atoms with Gasteiger partial charge in [0.15, 0.2) is 0 Å². The van der Waals surface area contributed by atoms with Gasteiger partial charge in [-0.2, -0.15) is 0 Å². The molecule has 0 atom stereocenters. The van der Waals surface area contributed by atoms with Gasteiger partial charge < -0.3 is 5.32 Å². The molecule has 0 aliphatic heterocycles. The molecule has 6 nitrogen and oxygen atoms in total. The summed E-state index contributed by atoms with van der Waals surface area (Å²) in [6, 6.07) is 17.8. The monoisotopic (exact) mass is 435 g/mol. The highest BCUT2D eigenvalue weighted by molar-refractivity contribution is 5.81. The first-order chi connectivity index (χ1) is 15.4. The fraction of sp³-hybridized carbons (Fsp3) is 0.125. The second kappa shape index (κ2) is 8.97. The van der Waals surface area contributed by atoms with Crippen molar-refractivity contribution in [3.63, 3.8) is 0 Å². The van der Waals surface area contributed by atoms with Crippen LogP contribution in [0.4, 0.5) is 8.78 Å². The molecule has 32 heavy (non-hydrogen) atoms. The molecule has 0 fully saturated rings. The standard InChI is InChI=1S/C24H19F2N3O3/c25-18-9-5-16(6-10-18)13-27-22(30)15-28-21-4-2-1-3-20(21)23(31)29(24(28)32)14-17-7-11-19(26)12-8-17/h1-12H,13-15H2,(H,27,30). The Morgan fingerprint density at radius 2 is 1.38 bits per heavy atom. The average molecular weight is 435 g/mol. The zero-order valence-corrected chi connectivity index (χ0v) is 16.9. The molecule has 4 aromatic rings. The third kappa shape index (κ3) is 4.49. The zero-order chi connectivity index (χ0) is 22.7. The summed E-state index contributed by atoms with van der Waals surface area (Å²) in [6.45, 7) is -0.189. The number of halogens is 2. The number of carbonyl (C=O) groups is 1. The number of nitrogens with zero attached hydrogens (tertiary/aromatic N) is 2. The van der Waals surface area contributed by atoms with E-state index in [2.05, 4.69) is 5.32 Å². The van der Waals surface area contributed by atoms with Crippen LogP contribution in [0.25, 0.3) is 10.9 Å². The van der Waals surface area contributed by atoms with Crippen LogP contribution < -0.4 is 16.6 Å². The van der Waals surface area contributed by atoms with Crippen molar-refractivity contribution in [2.45, 2.75) is 19.6 Å². The Balaban J connectivity index is 1.66. The summed E-state index contributed by atoms with van der Waals surface area (Å²) in [5, 5.41) is 2.99. The molecule has 0 unspecified atom stereocenters. The zero-order valence-electron chi connectivity index (χ0n) is 16.9. The van der Waals surface area contributed by atoms with Crippen molar-refractivity contribution in [1.82, 2.24) is 14.5 Å². The summed E-state index contributed by atoms with van der Waals surface area (Å²) >= 11 is 0. The van der Waals surface area contributed by atoms with E-state index in [1.807, 2.05) is 0 Å². The van der Waals surface area contributed by atoms with E-state index in [9.17, 15) is 23.2 Å². The number of aromatic nitrogens is 2. The summed E-state index contributed by atoms with van der Waals surface area (Å²) in [4.78, 5) is 38.7. The molecule has 4 rings (SSSR count). The van der Waals surface area contributed by atoms with Crippen molar-refractivity contribution in [3.8, 4) is 0 Å². The van der Waals surface area contributed by atoms with E-state index in [1.165, 1.54) is 41.0 Å². The Kier molecular flexibility index (Phi) is 5.93. The maximum absolute atomic E-state index is 13.2. The fourth-order valence-electron chi connectivity index (χ4n) is 3.44. The molecule has 0 spiro atoms. The van der Waals surface area contributed by atoms with Gasteiger partial charge in [-0.1, -0.05) is 36.4 Å². The van der Waals surface area contributed by atoms with Crippen LogP contribution >= 0.6 is 0 Å². The quantitative estimate of drug-likeness (QED) is 0.506. The lowest BCUT2D eigenvalue weighted by Gasteiger charge is -2.14. The van der Waals surface area contributed by atoms with E-state index in [1.54, 1.807) is 36.4 Å². The molecule has 3 aromatic carbocycles. The van der Waals surface area contributed by atoms with E-state index in [0.717, 1.165) is 4.57 Å². The highest BCUT2D eigenvalue weighted by atomic mass is 19.1. The van der Waals surface area contributed by atoms with Gasteiger partial charge in [0.25, 0.3) is 5.56 Å². The Morgan fingerprint density at radius 1 is 0.781 bits per heavy atom. The first-order valence-corrected chi connectivity index (χ1v) is 9.90. The van der Waals surface area contributed by atoms with E-state index < -0.39 is 23.0 Å². The van der Waals surface area contributed by atoms with Gasteiger partial charge in [-0.3, -0.25) is 18.7 Å². The molecule has 1 heterocycles. The third-order valence-electron chi connectivity index (χ3n) is 5.09. The fourth-order valence-corrected chi connectivity index (χ4v) is 3.44. The van der Waals surface area contributed by atoms with Crippen molar-refractivity contribution in [2.24, 2.45) is 0 Å². The molecule has 1 amide bonds. The molecule has 0 aliphatic rings. The second-order valence-corrected chi connectivity index (χ2v) is 7.31. The van der Waals surface area contributed by atoms with Crippen LogP contribution in [0.2, 0.25) is 0 Å². The van der Waals surface area contributed by atoms with Crippen molar-refractivity contribution in [2.75, 3.05) is 0 Å². The molecule has 0 bridgehead atoms. The first kappa shape index (κ1) is 21.2. The molecular weight excluding hydrogens is 416 g/mol. The van der Waals surface area contributed by atoms with Crippen LogP contribution in [0.5, 0.6) is 0 Å². The molecule has 0 saturated heterocycles. The lowest BCUT2D eigenvalue weighted by atomic mass is 10.2. The maximum atomic E-state index is 13.2. The van der Waals surface area contributed by atoms with Gasteiger partial charge in [-0.05, 0) is 47.5 Å². The predicted octanol–water partition coefficient (Wildman–Crippen LogP) is 2.81. The van der Waals surface area contributed by atoms with Crippen molar-refractivity contribution < 1.29 is 13.6 Å². The first-order valence-electron chi connectivity index (χ1n) is 9.90. The summed E-state index contributed by atoms with van der Waals surface area (Å²) in [5.41, 5.74) is 0.495. The summed E-state index contributed by atoms with van der Waals surface area (Å²) in [5.74, 6) is -1.23. The molecule has 1 N–H and O–H groups in total. The number of rotatable bonds is 6. The molecular formula is C24H19F2N3O3. The van der Waals surface area contributed by atoms with E-state index in [4.69, 9.17) is 0 Å².